The zero-order chi connectivity index (χ0) is 98.2. The second kappa shape index (κ2) is 38.9. The fourth-order valence-corrected chi connectivity index (χ4v) is 21.3. The molecule has 0 spiro atoms. The molecule has 13 heteroatoms. The van der Waals surface area contributed by atoms with Gasteiger partial charge < -0.3 is 14.7 Å². The molecule has 4 aliphatic heterocycles. The van der Waals surface area contributed by atoms with Gasteiger partial charge in [-0.2, -0.15) is 0 Å². The van der Waals surface area contributed by atoms with E-state index in [2.05, 4.69) is 458 Å². The number of rotatable bonds is 7. The molecular formula is C135H88N12S. The molecule has 148 heavy (non-hydrogen) atoms. The second-order valence-corrected chi connectivity index (χ2v) is 37.9. The molecule has 0 N–H and O–H groups in total. The molecule has 0 fully saturated rings. The summed E-state index contributed by atoms with van der Waals surface area (Å²) in [6, 6.07) is 188. The number of nitrogens with zero attached hydrogens (tertiary/aromatic N) is 12. The summed E-state index contributed by atoms with van der Waals surface area (Å²) in [6.07, 6.45) is 0. The lowest BCUT2D eigenvalue weighted by molar-refractivity contribution is 1.07. The number of fused-ring (bicyclic) bond motifs is 33. The number of thiophene rings is 1. The van der Waals surface area contributed by atoms with Gasteiger partial charge in [0.15, 0.2) is 52.4 Å². The van der Waals surface area contributed by atoms with E-state index in [9.17, 15) is 0 Å². The van der Waals surface area contributed by atoms with Crippen LogP contribution in [-0.4, -0.2) is 44.9 Å². The third-order valence-electron chi connectivity index (χ3n) is 27.5. The maximum atomic E-state index is 5.12. The van der Waals surface area contributed by atoms with Crippen molar-refractivity contribution in [1.29, 1.82) is 0 Å². The lowest BCUT2D eigenvalue weighted by Gasteiger charge is -2.27. The number of anilines is 9. The zero-order valence-electron chi connectivity index (χ0n) is 80.1. The number of aromatic nitrogens is 9. The summed E-state index contributed by atoms with van der Waals surface area (Å²) in [5, 5.41) is 2.56. The van der Waals surface area contributed by atoms with E-state index in [1.54, 1.807) is 0 Å². The SMILES string of the molecule is c1ccc(-c2nc3nc(n2)-c2ccc(-c4ccccc4)c(c2)-c2cccc(c2)N(c2ccccc2)c2cccc(c2)-c2cccc-3c2)cc1.c1ccc(-c2nc3nc(n2)-c2cccc(c2)-c2cccc(c2)N(c2ccc4sc5ccccc5c4c2)c2cccc(c2)-c2cccc-3c2)cc1.c1ccc(-c2nc3nc(n2)-c2cccc(c2)-c2cccc(c2)N(c2ccccc2)c2cccc(c2)-c2ccccc2-c2ccc-3cc2)cc1. The van der Waals surface area contributed by atoms with Crippen LogP contribution in [0.3, 0.4) is 0 Å². The minimum atomic E-state index is 0.631. The predicted octanol–water partition coefficient (Wildman–Crippen LogP) is 35.7. The van der Waals surface area contributed by atoms with E-state index in [0.29, 0.717) is 52.4 Å². The van der Waals surface area contributed by atoms with Crippen LogP contribution < -0.4 is 14.7 Å². The number of hydrogen-bond donors (Lipinski definition) is 0. The Bertz CT molecular complexity index is 9200. The van der Waals surface area contributed by atoms with Crippen LogP contribution in [0.25, 0.3) is 212 Å². The van der Waals surface area contributed by atoms with Crippen LogP contribution >= 0.6 is 11.3 Å². The zero-order valence-corrected chi connectivity index (χ0v) is 80.9. The Balaban J connectivity index is 0.000000112. The maximum absolute atomic E-state index is 5.12. The Morgan fingerprint density at radius 1 is 0.115 bits per heavy atom. The summed E-state index contributed by atoms with van der Waals surface area (Å²) >= 11 is 1.84. The lowest BCUT2D eigenvalue weighted by Crippen LogP contribution is -2.10. The third kappa shape index (κ3) is 17.7. The molecule has 694 valence electrons. The van der Waals surface area contributed by atoms with Crippen molar-refractivity contribution >= 4 is 82.7 Å². The van der Waals surface area contributed by atoms with Gasteiger partial charge in [-0.25, -0.2) is 44.9 Å². The Hall–Kier alpha value is -19.7. The molecule has 8 heterocycles. The summed E-state index contributed by atoms with van der Waals surface area (Å²) < 4.78 is 2.59. The molecular weight excluding hydrogens is 1820 g/mol. The Morgan fingerprint density at radius 3 is 0.709 bits per heavy atom. The van der Waals surface area contributed by atoms with E-state index in [1.165, 1.54) is 25.7 Å². The molecule has 0 saturated heterocycles. The highest BCUT2D eigenvalue weighted by atomic mass is 32.1. The highest BCUT2D eigenvalue weighted by Gasteiger charge is 2.26. The van der Waals surface area contributed by atoms with Crippen LogP contribution in [0.2, 0.25) is 0 Å². The van der Waals surface area contributed by atoms with Crippen molar-refractivity contribution in [2.45, 2.75) is 0 Å². The van der Waals surface area contributed by atoms with Gasteiger partial charge >= 0.3 is 0 Å². The molecule has 0 saturated carbocycles. The van der Waals surface area contributed by atoms with Gasteiger partial charge in [0.1, 0.15) is 0 Å². The fourth-order valence-electron chi connectivity index (χ4n) is 20.3. The molecule has 25 aromatic rings. The van der Waals surface area contributed by atoms with Gasteiger partial charge in [-0.15, -0.1) is 11.3 Å². The molecule has 0 aliphatic carbocycles. The first-order chi connectivity index (χ1) is 73.3. The Labute approximate surface area is 861 Å². The van der Waals surface area contributed by atoms with Gasteiger partial charge in [0.25, 0.3) is 0 Å². The van der Waals surface area contributed by atoms with Gasteiger partial charge in [0.2, 0.25) is 0 Å². The Kier molecular flexibility index (Phi) is 23.3. The first kappa shape index (κ1) is 88.4. The minimum Gasteiger partial charge on any atom is -0.310 e. The highest BCUT2D eigenvalue weighted by molar-refractivity contribution is 7.25. The smallest absolute Gasteiger partial charge is 0.164 e. The second-order valence-electron chi connectivity index (χ2n) is 36.8. The van der Waals surface area contributed by atoms with Crippen molar-refractivity contribution < 1.29 is 0 Å². The molecule has 0 radical (unpaired) electrons. The highest BCUT2D eigenvalue weighted by Crippen LogP contribution is 2.49. The van der Waals surface area contributed by atoms with Crippen LogP contribution in [0.15, 0.2) is 534 Å². The van der Waals surface area contributed by atoms with Gasteiger partial charge in [-0.1, -0.05) is 382 Å². The van der Waals surface area contributed by atoms with Crippen LogP contribution in [0.1, 0.15) is 0 Å². The number of para-hydroxylation sites is 2. The van der Waals surface area contributed by atoms with Gasteiger partial charge in [0, 0.05) is 121 Å². The van der Waals surface area contributed by atoms with Crippen molar-refractivity contribution in [3.05, 3.63) is 534 Å². The fraction of sp³-hybridized carbons (Fsp3) is 0. The summed E-state index contributed by atoms with van der Waals surface area (Å²) in [4.78, 5) is 52.3. The first-order valence-electron chi connectivity index (χ1n) is 49.6. The molecule has 21 aromatic carbocycles. The average molecular weight is 1910 g/mol. The standard InChI is InChI=1S/C45H28N4S.2C45H30N4/c1-2-10-29(11-3-1)43-46-44-34-16-6-12-30(24-34)32-14-8-18-36(26-32)49(38-22-23-42-40(28-38)39-20-4-5-21-41(39)50-42)37-19-9-15-33(27-37)31-13-7-17-35(25-31)45(47-43)48-44;1-4-13-31(14-5-1)41-26-25-37-30-42(41)35-19-12-24-40(29-35)49(38-21-8-3-9-22-38)39-23-11-18-34(28-39)33-17-10-20-36(27-33)44-46-43(47-45(37)48-44)32-15-6-2-7-16-32;1-3-12-32(13-4-1)43-46-44-33-26-24-31(25-27-33)41-22-7-8-23-42(41)36-16-11-21-40(30-36)49(38-18-5-2-6-19-38)39-20-10-15-35(29-39)34-14-9-17-37(28-34)45(47-43)48-44/h1-28H;2*1-30H. The van der Waals surface area contributed by atoms with E-state index in [4.69, 9.17) is 44.9 Å². The minimum absolute atomic E-state index is 0.631. The van der Waals surface area contributed by atoms with Crippen LogP contribution in [0.4, 0.5) is 51.2 Å². The Morgan fingerprint density at radius 2 is 0.331 bits per heavy atom. The lowest BCUT2D eigenvalue weighted by atomic mass is 9.92. The van der Waals surface area contributed by atoms with Crippen molar-refractivity contribution in [1.82, 2.24) is 44.9 Å². The molecule has 12 nitrogen and oxygen atoms in total. The summed E-state index contributed by atoms with van der Waals surface area (Å²) in [5.41, 5.74) is 36.1. The summed E-state index contributed by atoms with van der Waals surface area (Å²) in [5.74, 6) is 5.76. The molecule has 30 bridgehead atoms. The van der Waals surface area contributed by atoms with Crippen LogP contribution in [-0.2, 0) is 0 Å². The summed E-state index contributed by atoms with van der Waals surface area (Å²) in [7, 11) is 0. The quantitative estimate of drug-likeness (QED) is 0.151. The normalized spacial score (nSPS) is 11.7. The monoisotopic (exact) mass is 1910 g/mol. The first-order valence-corrected chi connectivity index (χ1v) is 50.4. The van der Waals surface area contributed by atoms with Crippen molar-refractivity contribution in [2.24, 2.45) is 0 Å². The maximum Gasteiger partial charge on any atom is 0.164 e. The van der Waals surface area contributed by atoms with E-state index in [1.807, 2.05) is 102 Å². The van der Waals surface area contributed by atoms with Crippen molar-refractivity contribution in [3.63, 3.8) is 0 Å². The van der Waals surface area contributed by atoms with E-state index in [0.717, 1.165) is 185 Å². The van der Waals surface area contributed by atoms with Gasteiger partial charge in [-0.05, 0) is 241 Å². The molecule has 0 unspecified atom stereocenters. The molecule has 4 aliphatic rings. The molecule has 29 rings (SSSR count). The van der Waals surface area contributed by atoms with Gasteiger partial charge in [-0.3, -0.25) is 0 Å². The topological polar surface area (TPSA) is 126 Å². The average Bonchev–Trinajstić information content (AvgIpc) is 1.50. The third-order valence-corrected chi connectivity index (χ3v) is 28.6. The van der Waals surface area contributed by atoms with Crippen molar-refractivity contribution in [3.8, 4) is 192 Å². The predicted molar refractivity (Wildman–Crippen MR) is 610 cm³/mol. The van der Waals surface area contributed by atoms with E-state index >= 15 is 0 Å². The number of benzene rings is 21. The van der Waals surface area contributed by atoms with Gasteiger partial charge in [0.05, 0.1) is 0 Å². The van der Waals surface area contributed by atoms with Crippen molar-refractivity contribution in [2.75, 3.05) is 14.7 Å². The molecule has 0 amide bonds. The largest absolute Gasteiger partial charge is 0.310 e. The number of hydrogen-bond acceptors (Lipinski definition) is 13. The van der Waals surface area contributed by atoms with E-state index in [-0.39, 0.29) is 0 Å². The van der Waals surface area contributed by atoms with Crippen LogP contribution in [0.5, 0.6) is 0 Å². The molecule has 4 aromatic heterocycles. The van der Waals surface area contributed by atoms with E-state index < -0.39 is 0 Å². The summed E-state index contributed by atoms with van der Waals surface area (Å²) in [6.45, 7) is 0. The molecule has 0 atom stereocenters. The van der Waals surface area contributed by atoms with Crippen LogP contribution in [0, 0.1) is 0 Å².